The smallest absolute Gasteiger partial charge is 0.326 e. The van der Waals surface area contributed by atoms with Gasteiger partial charge in [0.05, 0.1) is 19.6 Å². The van der Waals surface area contributed by atoms with E-state index >= 15 is 0 Å². The third-order valence-electron chi connectivity index (χ3n) is 5.44. The van der Waals surface area contributed by atoms with E-state index in [0.717, 1.165) is 4.90 Å². The average Bonchev–Trinajstić information content (AvgIpc) is 3.00. The van der Waals surface area contributed by atoms with Gasteiger partial charge in [-0.25, -0.2) is 9.59 Å². The highest BCUT2D eigenvalue weighted by Crippen LogP contribution is 2.26. The van der Waals surface area contributed by atoms with Gasteiger partial charge in [0.15, 0.2) is 11.6 Å². The number of amides is 3. The molecule has 0 aliphatic carbocycles. The fourth-order valence-corrected chi connectivity index (χ4v) is 3.75. The number of carboxylic acid groups (broad SMARTS) is 1. The number of hydrogen-bond acceptors (Lipinski definition) is 6. The van der Waals surface area contributed by atoms with Crippen molar-refractivity contribution in [1.82, 2.24) is 15.5 Å². The highest BCUT2D eigenvalue weighted by molar-refractivity contribution is 6.30. The monoisotopic (exact) mass is 502 g/mol. The molecule has 186 valence electrons. The van der Waals surface area contributed by atoms with Gasteiger partial charge in [-0.3, -0.25) is 9.69 Å². The van der Waals surface area contributed by atoms with Crippen molar-refractivity contribution >= 4 is 35.3 Å². The minimum Gasteiger partial charge on any atom is -0.496 e. The SMILES string of the molecule is CC[C@@H](NC(=O)N1C/C(=N/Oc2ccccc2)NC[C@@H](Cc2cc(Cl)ccc2OC)C1=O)C(=O)O. The topological polar surface area (TPSA) is 130 Å². The fourth-order valence-electron chi connectivity index (χ4n) is 3.55. The van der Waals surface area contributed by atoms with Crippen LogP contribution in [0.25, 0.3) is 0 Å². The van der Waals surface area contributed by atoms with Crippen molar-refractivity contribution in [2.45, 2.75) is 25.8 Å². The van der Waals surface area contributed by atoms with E-state index in [4.69, 9.17) is 21.2 Å². The van der Waals surface area contributed by atoms with Crippen molar-refractivity contribution in [3.8, 4) is 11.5 Å². The van der Waals surface area contributed by atoms with Crippen LogP contribution < -0.4 is 20.2 Å². The third kappa shape index (κ3) is 6.86. The molecule has 0 saturated carbocycles. The molecule has 0 bridgehead atoms. The zero-order chi connectivity index (χ0) is 25.4. The molecule has 1 heterocycles. The standard InChI is InChI=1S/C24H27ClN4O6/c1-3-19(23(31)32)27-24(33)29-14-21(28-35-18-7-5-4-6-8-18)26-13-16(22(29)30)11-15-12-17(25)9-10-20(15)34-2/h4-10,12,16,19H,3,11,13-14H2,1-2H3,(H,26,28)(H,27,33)(H,31,32)/t16-,19-/m1/s1. The van der Waals surface area contributed by atoms with Crippen LogP contribution in [0.4, 0.5) is 4.79 Å². The highest BCUT2D eigenvalue weighted by Gasteiger charge is 2.35. The largest absolute Gasteiger partial charge is 0.496 e. The van der Waals surface area contributed by atoms with E-state index in [9.17, 15) is 19.5 Å². The molecule has 1 aliphatic heterocycles. The van der Waals surface area contributed by atoms with Crippen molar-refractivity contribution in [3.05, 3.63) is 59.1 Å². The number of methoxy groups -OCH3 is 1. The van der Waals surface area contributed by atoms with Crippen LogP contribution in [-0.2, 0) is 16.0 Å². The van der Waals surface area contributed by atoms with Crippen LogP contribution in [-0.4, -0.2) is 60.0 Å². The minimum absolute atomic E-state index is 0.155. The molecule has 11 heteroatoms. The first kappa shape index (κ1) is 25.8. The molecular weight excluding hydrogens is 476 g/mol. The van der Waals surface area contributed by atoms with Crippen LogP contribution >= 0.6 is 11.6 Å². The van der Waals surface area contributed by atoms with E-state index in [2.05, 4.69) is 15.8 Å². The number of imide groups is 1. The van der Waals surface area contributed by atoms with Crippen LogP contribution in [0.1, 0.15) is 18.9 Å². The number of nitrogens with one attached hydrogen (secondary N) is 2. The number of carboxylic acids is 1. The normalized spacial score (nSPS) is 17.8. The van der Waals surface area contributed by atoms with Gasteiger partial charge in [0.2, 0.25) is 5.91 Å². The second kappa shape index (κ2) is 12.1. The Morgan fingerprint density at radius 3 is 2.69 bits per heavy atom. The maximum atomic E-state index is 13.4. The quantitative estimate of drug-likeness (QED) is 0.473. The number of urea groups is 1. The number of oxime groups is 1. The molecule has 3 N–H and O–H groups in total. The molecule has 2 aromatic rings. The lowest BCUT2D eigenvalue weighted by atomic mass is 9.97. The molecule has 1 aliphatic rings. The second-order valence-corrected chi connectivity index (χ2v) is 8.29. The first-order chi connectivity index (χ1) is 16.8. The zero-order valence-electron chi connectivity index (χ0n) is 19.4. The maximum absolute atomic E-state index is 13.4. The van der Waals surface area contributed by atoms with E-state index in [1.165, 1.54) is 7.11 Å². The van der Waals surface area contributed by atoms with Crippen molar-refractivity contribution in [2.24, 2.45) is 11.1 Å². The number of aliphatic carboxylic acids is 1. The molecule has 0 spiro atoms. The minimum atomic E-state index is -1.19. The zero-order valence-corrected chi connectivity index (χ0v) is 20.1. The van der Waals surface area contributed by atoms with Gasteiger partial charge in [0, 0.05) is 11.6 Å². The molecule has 2 aromatic carbocycles. The van der Waals surface area contributed by atoms with Gasteiger partial charge in [0.1, 0.15) is 11.8 Å². The summed E-state index contributed by atoms with van der Waals surface area (Å²) < 4.78 is 5.39. The summed E-state index contributed by atoms with van der Waals surface area (Å²) in [5, 5.41) is 19.4. The summed E-state index contributed by atoms with van der Waals surface area (Å²) >= 11 is 6.14. The molecule has 35 heavy (non-hydrogen) atoms. The number of amidine groups is 1. The number of rotatable bonds is 8. The Bertz CT molecular complexity index is 1090. The van der Waals surface area contributed by atoms with Gasteiger partial charge in [-0.05, 0) is 48.7 Å². The second-order valence-electron chi connectivity index (χ2n) is 7.85. The summed E-state index contributed by atoms with van der Waals surface area (Å²) in [6, 6.07) is 11.9. The third-order valence-corrected chi connectivity index (χ3v) is 5.67. The number of benzene rings is 2. The van der Waals surface area contributed by atoms with Crippen molar-refractivity contribution in [2.75, 3.05) is 20.2 Å². The molecule has 0 aromatic heterocycles. The fraction of sp³-hybridized carbons (Fsp3) is 0.333. The van der Waals surface area contributed by atoms with Gasteiger partial charge >= 0.3 is 12.0 Å². The molecule has 1 fully saturated rings. The summed E-state index contributed by atoms with van der Waals surface area (Å²) in [7, 11) is 1.52. The van der Waals surface area contributed by atoms with Crippen LogP contribution in [0.15, 0.2) is 53.7 Å². The lowest BCUT2D eigenvalue weighted by Gasteiger charge is -2.24. The van der Waals surface area contributed by atoms with E-state index in [1.807, 2.05) is 6.07 Å². The number of carbonyl (C=O) groups is 3. The highest BCUT2D eigenvalue weighted by atomic mass is 35.5. The average molecular weight is 503 g/mol. The molecule has 2 atom stereocenters. The van der Waals surface area contributed by atoms with E-state index < -0.39 is 29.9 Å². The van der Waals surface area contributed by atoms with Crippen molar-refractivity contribution < 1.29 is 29.1 Å². The Labute approximate surface area is 207 Å². The molecule has 0 radical (unpaired) electrons. The molecule has 3 amide bonds. The summed E-state index contributed by atoms with van der Waals surface area (Å²) in [5.74, 6) is -1.11. The first-order valence-electron chi connectivity index (χ1n) is 11.0. The summed E-state index contributed by atoms with van der Waals surface area (Å²) in [5.41, 5.74) is 0.693. The molecule has 1 saturated heterocycles. The van der Waals surface area contributed by atoms with Crippen LogP contribution in [0.2, 0.25) is 5.02 Å². The predicted octanol–water partition coefficient (Wildman–Crippen LogP) is 2.90. The first-order valence-corrected chi connectivity index (χ1v) is 11.4. The van der Waals surface area contributed by atoms with Gasteiger partial charge < -0.3 is 25.3 Å². The molecular formula is C24H27ClN4O6. The Hall–Kier alpha value is -3.79. The van der Waals surface area contributed by atoms with Gasteiger partial charge in [-0.15, -0.1) is 0 Å². The summed E-state index contributed by atoms with van der Waals surface area (Å²) in [6.07, 6.45) is 0.380. The Morgan fingerprint density at radius 2 is 2.03 bits per heavy atom. The number of halogens is 1. The Morgan fingerprint density at radius 1 is 1.29 bits per heavy atom. The molecule has 0 unspecified atom stereocenters. The van der Waals surface area contributed by atoms with Gasteiger partial charge in [0.25, 0.3) is 0 Å². The van der Waals surface area contributed by atoms with Gasteiger partial charge in [-0.1, -0.05) is 41.9 Å². The summed E-state index contributed by atoms with van der Waals surface area (Å²) in [4.78, 5) is 44.2. The number of hydrogen-bond donors (Lipinski definition) is 3. The van der Waals surface area contributed by atoms with E-state index in [0.29, 0.717) is 22.1 Å². The number of ether oxygens (including phenoxy) is 1. The maximum Gasteiger partial charge on any atom is 0.326 e. The van der Waals surface area contributed by atoms with Crippen molar-refractivity contribution in [3.63, 3.8) is 0 Å². The van der Waals surface area contributed by atoms with Crippen LogP contribution in [0.5, 0.6) is 11.5 Å². The lowest BCUT2D eigenvalue weighted by Crippen LogP contribution is -2.52. The van der Waals surface area contributed by atoms with Crippen LogP contribution in [0.3, 0.4) is 0 Å². The van der Waals surface area contributed by atoms with Crippen molar-refractivity contribution in [1.29, 1.82) is 0 Å². The predicted molar refractivity (Wildman–Crippen MR) is 130 cm³/mol. The number of nitrogens with zero attached hydrogens (tertiary/aromatic N) is 2. The Kier molecular flexibility index (Phi) is 8.91. The lowest BCUT2D eigenvalue weighted by molar-refractivity contribution is -0.139. The number of carbonyl (C=O) groups excluding carboxylic acids is 2. The molecule has 3 rings (SSSR count). The van der Waals surface area contributed by atoms with E-state index in [1.54, 1.807) is 49.4 Å². The molecule has 10 nitrogen and oxygen atoms in total. The van der Waals surface area contributed by atoms with Crippen LogP contribution in [0, 0.1) is 5.92 Å². The van der Waals surface area contributed by atoms with E-state index in [-0.39, 0.29) is 31.8 Å². The van der Waals surface area contributed by atoms with Gasteiger partial charge in [-0.2, -0.15) is 0 Å². The number of para-hydroxylation sites is 1. The Balaban J connectivity index is 1.88. The summed E-state index contributed by atoms with van der Waals surface area (Å²) in [6.45, 7) is 1.56.